The molecule has 4 rings (SSSR count). The van der Waals surface area contributed by atoms with Gasteiger partial charge in [0.15, 0.2) is 6.61 Å². The fourth-order valence-electron chi connectivity index (χ4n) is 4.37. The fourth-order valence-corrected chi connectivity index (χ4v) is 4.56. The maximum Gasteiger partial charge on any atom is 0.262 e. The molecule has 1 atom stereocenters. The molecule has 1 heterocycles. The summed E-state index contributed by atoms with van der Waals surface area (Å²) in [6.45, 7) is 4.38. The summed E-state index contributed by atoms with van der Waals surface area (Å²) in [6, 6.07) is 18.4. The van der Waals surface area contributed by atoms with Gasteiger partial charge in [0.2, 0.25) is 5.91 Å². The molecule has 0 saturated heterocycles. The third-order valence-electron chi connectivity index (χ3n) is 5.89. The van der Waals surface area contributed by atoms with E-state index in [1.807, 2.05) is 43.0 Å². The summed E-state index contributed by atoms with van der Waals surface area (Å²) in [6.07, 6.45) is 1.11. The number of ether oxygens (including phenoxy) is 1. The second-order valence-electron chi connectivity index (χ2n) is 9.10. The third-order valence-corrected chi connectivity index (χ3v) is 6.13. The molecule has 0 spiro atoms. The van der Waals surface area contributed by atoms with Gasteiger partial charge in [-0.05, 0) is 71.5 Å². The number of anilines is 1. The highest BCUT2D eigenvalue weighted by Crippen LogP contribution is 2.38. The van der Waals surface area contributed by atoms with Crippen molar-refractivity contribution in [1.82, 2.24) is 4.90 Å². The van der Waals surface area contributed by atoms with E-state index in [1.165, 1.54) is 12.1 Å². The lowest BCUT2D eigenvalue weighted by molar-refractivity contribution is -0.134. The van der Waals surface area contributed by atoms with Gasteiger partial charge in [-0.2, -0.15) is 0 Å². The van der Waals surface area contributed by atoms with Gasteiger partial charge in [0.1, 0.15) is 11.6 Å². The summed E-state index contributed by atoms with van der Waals surface area (Å²) in [7, 11) is 0. The monoisotopic (exact) mass is 494 g/mol. The van der Waals surface area contributed by atoms with Crippen LogP contribution in [0.3, 0.4) is 0 Å². The van der Waals surface area contributed by atoms with Crippen LogP contribution >= 0.6 is 11.6 Å². The summed E-state index contributed by atoms with van der Waals surface area (Å²) in [5.41, 5.74) is 3.25. The standard InChI is InChI=1S/C28H28ClFN2O3/c1-18(2)13-27(34)32-12-11-19-9-10-24(16-25(19)28(32)20-5-3-7-22(30)14-20)35-17-26(33)31-23-8-4-6-21(29)15-23/h3-10,14-16,18,28H,11-13,17H2,1-2H3,(H,31,33). The molecule has 3 aromatic carbocycles. The van der Waals surface area contributed by atoms with E-state index >= 15 is 0 Å². The number of fused-ring (bicyclic) bond motifs is 1. The van der Waals surface area contributed by atoms with Crippen molar-refractivity contribution in [2.24, 2.45) is 5.92 Å². The Morgan fingerprint density at radius 1 is 1.11 bits per heavy atom. The van der Waals surface area contributed by atoms with Crippen LogP contribution in [0.4, 0.5) is 10.1 Å². The Labute approximate surface area is 209 Å². The molecule has 0 fully saturated rings. The molecule has 1 unspecified atom stereocenters. The number of benzene rings is 3. The molecule has 0 radical (unpaired) electrons. The van der Waals surface area contributed by atoms with Crippen molar-refractivity contribution in [2.45, 2.75) is 32.7 Å². The third kappa shape index (κ3) is 6.20. The Hall–Kier alpha value is -3.38. The SMILES string of the molecule is CC(C)CC(=O)N1CCc2ccc(OCC(=O)Nc3cccc(Cl)c3)cc2C1c1cccc(F)c1. The summed E-state index contributed by atoms with van der Waals surface area (Å²) in [5, 5.41) is 3.28. The number of hydrogen-bond donors (Lipinski definition) is 1. The normalized spacial score (nSPS) is 15.0. The van der Waals surface area contributed by atoms with Gasteiger partial charge in [-0.1, -0.05) is 49.7 Å². The Balaban J connectivity index is 1.57. The highest BCUT2D eigenvalue weighted by Gasteiger charge is 2.32. The number of nitrogens with zero attached hydrogens (tertiary/aromatic N) is 1. The molecular weight excluding hydrogens is 467 g/mol. The molecule has 5 nitrogen and oxygen atoms in total. The molecule has 0 aromatic heterocycles. The van der Waals surface area contributed by atoms with E-state index in [-0.39, 0.29) is 30.2 Å². The fraction of sp³-hybridized carbons (Fsp3) is 0.286. The van der Waals surface area contributed by atoms with Gasteiger partial charge in [0, 0.05) is 23.7 Å². The minimum absolute atomic E-state index is 0.0344. The molecule has 1 aliphatic heterocycles. The van der Waals surface area contributed by atoms with E-state index < -0.39 is 6.04 Å². The van der Waals surface area contributed by atoms with Crippen LogP contribution in [-0.2, 0) is 16.0 Å². The molecule has 182 valence electrons. The number of nitrogens with one attached hydrogen (secondary N) is 1. The van der Waals surface area contributed by atoms with E-state index in [4.69, 9.17) is 16.3 Å². The predicted molar refractivity (Wildman–Crippen MR) is 135 cm³/mol. The average Bonchev–Trinajstić information content (AvgIpc) is 2.81. The van der Waals surface area contributed by atoms with Crippen molar-refractivity contribution in [1.29, 1.82) is 0 Å². The van der Waals surface area contributed by atoms with Gasteiger partial charge in [0.05, 0.1) is 6.04 Å². The van der Waals surface area contributed by atoms with Crippen LogP contribution in [0.25, 0.3) is 0 Å². The molecule has 7 heteroatoms. The van der Waals surface area contributed by atoms with E-state index in [1.54, 1.807) is 30.3 Å². The zero-order chi connectivity index (χ0) is 24.9. The van der Waals surface area contributed by atoms with Crippen LogP contribution in [0.15, 0.2) is 66.7 Å². The van der Waals surface area contributed by atoms with Crippen molar-refractivity contribution >= 4 is 29.1 Å². The molecule has 0 aliphatic carbocycles. The van der Waals surface area contributed by atoms with E-state index in [0.717, 1.165) is 11.1 Å². The maximum atomic E-state index is 14.1. The Morgan fingerprint density at radius 2 is 1.91 bits per heavy atom. The first-order valence-electron chi connectivity index (χ1n) is 11.7. The molecule has 2 amide bonds. The summed E-state index contributed by atoms with van der Waals surface area (Å²) in [4.78, 5) is 27.3. The molecule has 1 aliphatic rings. The number of amides is 2. The number of halogens is 2. The molecule has 1 N–H and O–H groups in total. The first kappa shape index (κ1) is 24.7. The molecule has 3 aromatic rings. The number of carbonyl (C=O) groups excluding carboxylic acids is 2. The molecule has 0 bridgehead atoms. The van der Waals surface area contributed by atoms with E-state index in [0.29, 0.717) is 41.4 Å². The minimum Gasteiger partial charge on any atom is -0.484 e. The molecule has 35 heavy (non-hydrogen) atoms. The van der Waals surface area contributed by atoms with Crippen LogP contribution in [0.1, 0.15) is 43.0 Å². The van der Waals surface area contributed by atoms with Gasteiger partial charge < -0.3 is 15.0 Å². The van der Waals surface area contributed by atoms with E-state index in [2.05, 4.69) is 5.32 Å². The number of hydrogen-bond acceptors (Lipinski definition) is 3. The largest absolute Gasteiger partial charge is 0.484 e. The molecule has 0 saturated carbocycles. The van der Waals surface area contributed by atoms with Crippen LogP contribution in [0.5, 0.6) is 5.75 Å². The smallest absolute Gasteiger partial charge is 0.262 e. The van der Waals surface area contributed by atoms with Crippen LogP contribution in [0, 0.1) is 11.7 Å². The van der Waals surface area contributed by atoms with Crippen molar-refractivity contribution in [2.75, 3.05) is 18.5 Å². The Bertz CT molecular complexity index is 1230. The lowest BCUT2D eigenvalue weighted by atomic mass is 9.87. The molecular formula is C28H28ClFN2O3. The summed E-state index contributed by atoms with van der Waals surface area (Å²) in [5.74, 6) is 0.0813. The van der Waals surface area contributed by atoms with Gasteiger partial charge in [0.25, 0.3) is 5.91 Å². The lowest BCUT2D eigenvalue weighted by Gasteiger charge is -2.38. The van der Waals surface area contributed by atoms with E-state index in [9.17, 15) is 14.0 Å². The van der Waals surface area contributed by atoms with Crippen molar-refractivity contribution in [3.63, 3.8) is 0 Å². The predicted octanol–water partition coefficient (Wildman–Crippen LogP) is 6.02. The zero-order valence-electron chi connectivity index (χ0n) is 19.8. The van der Waals surface area contributed by atoms with Crippen molar-refractivity contribution in [3.8, 4) is 5.75 Å². The number of carbonyl (C=O) groups is 2. The topological polar surface area (TPSA) is 58.6 Å². The second-order valence-corrected chi connectivity index (χ2v) is 9.54. The van der Waals surface area contributed by atoms with Gasteiger partial charge >= 0.3 is 0 Å². The van der Waals surface area contributed by atoms with Gasteiger partial charge in [-0.25, -0.2) is 4.39 Å². The summed E-state index contributed by atoms with van der Waals surface area (Å²) < 4.78 is 19.9. The van der Waals surface area contributed by atoms with Crippen molar-refractivity contribution < 1.29 is 18.7 Å². The quantitative estimate of drug-likeness (QED) is 0.437. The van der Waals surface area contributed by atoms with Crippen molar-refractivity contribution in [3.05, 3.63) is 94.3 Å². The highest BCUT2D eigenvalue weighted by molar-refractivity contribution is 6.30. The average molecular weight is 495 g/mol. The maximum absolute atomic E-state index is 14.1. The zero-order valence-corrected chi connectivity index (χ0v) is 20.5. The van der Waals surface area contributed by atoms with Crippen LogP contribution in [0.2, 0.25) is 5.02 Å². The van der Waals surface area contributed by atoms with Gasteiger partial charge in [-0.15, -0.1) is 0 Å². The first-order valence-corrected chi connectivity index (χ1v) is 12.0. The van der Waals surface area contributed by atoms with Crippen LogP contribution in [-0.4, -0.2) is 29.9 Å². The Kier molecular flexibility index (Phi) is 7.71. The summed E-state index contributed by atoms with van der Waals surface area (Å²) >= 11 is 5.97. The lowest BCUT2D eigenvalue weighted by Crippen LogP contribution is -2.41. The van der Waals surface area contributed by atoms with Gasteiger partial charge in [-0.3, -0.25) is 9.59 Å². The highest BCUT2D eigenvalue weighted by atomic mass is 35.5. The second kappa shape index (κ2) is 10.9. The first-order chi connectivity index (χ1) is 16.8. The Morgan fingerprint density at radius 3 is 2.66 bits per heavy atom. The van der Waals surface area contributed by atoms with Crippen LogP contribution < -0.4 is 10.1 Å². The minimum atomic E-state index is -0.426. The number of rotatable bonds is 7.